The van der Waals surface area contributed by atoms with Gasteiger partial charge in [0, 0.05) is 29.7 Å². The van der Waals surface area contributed by atoms with Crippen molar-refractivity contribution in [1.82, 2.24) is 9.13 Å². The number of carbonyl (C=O) groups excluding carboxylic acids is 2. The van der Waals surface area contributed by atoms with Gasteiger partial charge in [0.25, 0.3) is 0 Å². The molecular formula is C29H39N3O4. The van der Waals surface area contributed by atoms with E-state index in [1.807, 2.05) is 70.4 Å². The van der Waals surface area contributed by atoms with Gasteiger partial charge < -0.3 is 19.0 Å². The number of Topliss-reactive ketones (excluding diaryl/α,β-unsaturated/α-hetero) is 1. The molecule has 0 spiro atoms. The molecular weight excluding hydrogens is 454 g/mol. The summed E-state index contributed by atoms with van der Waals surface area (Å²) in [6.45, 7) is 14.7. The van der Waals surface area contributed by atoms with Crippen LogP contribution >= 0.6 is 0 Å². The number of phenolic OH excluding ortho intramolecular Hbond substituents is 1. The van der Waals surface area contributed by atoms with E-state index < -0.39 is 0 Å². The lowest BCUT2D eigenvalue weighted by Crippen LogP contribution is -2.28. The minimum atomic E-state index is -0.344. The van der Waals surface area contributed by atoms with E-state index in [9.17, 15) is 14.7 Å². The maximum absolute atomic E-state index is 13.6. The second-order valence-corrected chi connectivity index (χ2v) is 11.3. The third kappa shape index (κ3) is 5.72. The van der Waals surface area contributed by atoms with E-state index in [4.69, 9.17) is 10.1 Å². The number of rotatable bonds is 8. The number of aromatic hydroxyl groups is 1. The number of esters is 1. The first-order valence-electron chi connectivity index (χ1n) is 12.5. The first-order chi connectivity index (χ1) is 16.8. The maximum Gasteiger partial charge on any atom is 0.305 e. The summed E-state index contributed by atoms with van der Waals surface area (Å²) in [6, 6.07) is 11.2. The molecule has 0 atom stereocenters. The molecule has 36 heavy (non-hydrogen) atoms. The summed E-state index contributed by atoms with van der Waals surface area (Å²) in [5, 5.41) is 19.8. The van der Waals surface area contributed by atoms with Crippen molar-refractivity contribution in [3.8, 4) is 5.75 Å². The molecule has 0 aliphatic heterocycles. The Kier molecular flexibility index (Phi) is 7.82. The number of ether oxygens (including phenoxy) is 1. The predicted molar refractivity (Wildman–Crippen MR) is 141 cm³/mol. The highest BCUT2D eigenvalue weighted by atomic mass is 16.5. The molecule has 0 radical (unpaired) electrons. The van der Waals surface area contributed by atoms with Crippen molar-refractivity contribution in [1.29, 1.82) is 5.41 Å². The van der Waals surface area contributed by atoms with Gasteiger partial charge in [-0.05, 0) is 48.4 Å². The third-order valence-electron chi connectivity index (χ3n) is 6.39. The molecule has 0 bridgehead atoms. The highest BCUT2D eigenvalue weighted by Crippen LogP contribution is 2.40. The number of ketones is 1. The standard InChI is InChI=1S/C29H39N3O4/c1-8-36-25(34)14-11-15-31-22-12-9-10-13-23(22)32(27(31)30)18-24(33)19-16-20(28(2,3)4)26(35)21(17-19)29(5,6)7/h9-10,12-13,16-17,30,35H,8,11,14-15,18H2,1-7H3. The quantitative estimate of drug-likeness (QED) is 0.322. The Balaban J connectivity index is 2.00. The zero-order chi connectivity index (χ0) is 26.8. The number of hydrogen-bond acceptors (Lipinski definition) is 5. The van der Waals surface area contributed by atoms with Gasteiger partial charge in [-0.1, -0.05) is 53.7 Å². The lowest BCUT2D eigenvalue weighted by Gasteiger charge is -2.28. The van der Waals surface area contributed by atoms with Crippen molar-refractivity contribution in [2.24, 2.45) is 0 Å². The first kappa shape index (κ1) is 27.2. The second kappa shape index (κ2) is 10.3. The Morgan fingerprint density at radius 3 is 1.97 bits per heavy atom. The van der Waals surface area contributed by atoms with Crippen LogP contribution in [0.25, 0.3) is 11.0 Å². The molecule has 0 saturated heterocycles. The van der Waals surface area contributed by atoms with Crippen molar-refractivity contribution in [2.45, 2.75) is 85.2 Å². The summed E-state index contributed by atoms with van der Waals surface area (Å²) >= 11 is 0. The number of benzene rings is 2. The third-order valence-corrected chi connectivity index (χ3v) is 6.39. The molecule has 0 unspecified atom stereocenters. The molecule has 3 rings (SSSR count). The number of nitrogens with zero attached hydrogens (tertiary/aromatic N) is 2. The Hall–Kier alpha value is -3.35. The normalized spacial score (nSPS) is 12.2. The van der Waals surface area contributed by atoms with Gasteiger partial charge in [0.1, 0.15) is 5.75 Å². The number of para-hydroxylation sites is 2. The van der Waals surface area contributed by atoms with E-state index in [0.717, 1.165) is 22.2 Å². The minimum Gasteiger partial charge on any atom is -0.507 e. The average molecular weight is 494 g/mol. The van der Waals surface area contributed by atoms with E-state index in [2.05, 4.69) is 0 Å². The number of aryl methyl sites for hydroxylation is 1. The molecule has 7 heteroatoms. The fourth-order valence-corrected chi connectivity index (χ4v) is 4.47. The molecule has 7 nitrogen and oxygen atoms in total. The van der Waals surface area contributed by atoms with Crippen LogP contribution in [0, 0.1) is 5.41 Å². The van der Waals surface area contributed by atoms with Crippen molar-refractivity contribution >= 4 is 22.8 Å². The number of imidazole rings is 1. The van der Waals surface area contributed by atoms with E-state index >= 15 is 0 Å². The van der Waals surface area contributed by atoms with Gasteiger partial charge in [0.15, 0.2) is 5.78 Å². The molecule has 0 aliphatic rings. The maximum atomic E-state index is 13.6. The summed E-state index contributed by atoms with van der Waals surface area (Å²) in [6.07, 6.45) is 0.816. The van der Waals surface area contributed by atoms with Crippen LogP contribution in [0.4, 0.5) is 0 Å². The number of phenols is 1. The molecule has 2 N–H and O–H groups in total. The zero-order valence-corrected chi connectivity index (χ0v) is 22.6. The van der Waals surface area contributed by atoms with Gasteiger partial charge in [-0.3, -0.25) is 15.0 Å². The van der Waals surface area contributed by atoms with Crippen LogP contribution in [0.15, 0.2) is 36.4 Å². The minimum absolute atomic E-state index is 0.00215. The van der Waals surface area contributed by atoms with Gasteiger partial charge in [0.05, 0.1) is 24.2 Å². The fraction of sp³-hybridized carbons (Fsp3) is 0.483. The summed E-state index contributed by atoms with van der Waals surface area (Å²) in [4.78, 5) is 25.4. The summed E-state index contributed by atoms with van der Waals surface area (Å²) in [7, 11) is 0. The van der Waals surface area contributed by atoms with Gasteiger partial charge in [0.2, 0.25) is 5.62 Å². The highest BCUT2D eigenvalue weighted by molar-refractivity contribution is 5.97. The topological polar surface area (TPSA) is 97.3 Å². The van der Waals surface area contributed by atoms with E-state index in [1.165, 1.54) is 0 Å². The Morgan fingerprint density at radius 1 is 0.944 bits per heavy atom. The van der Waals surface area contributed by atoms with E-state index in [1.54, 1.807) is 23.6 Å². The van der Waals surface area contributed by atoms with Crippen LogP contribution in [-0.4, -0.2) is 32.6 Å². The number of nitrogens with one attached hydrogen (secondary N) is 1. The van der Waals surface area contributed by atoms with Crippen LogP contribution in [0.3, 0.4) is 0 Å². The molecule has 0 saturated carbocycles. The largest absolute Gasteiger partial charge is 0.507 e. The Morgan fingerprint density at radius 2 is 1.47 bits per heavy atom. The smallest absolute Gasteiger partial charge is 0.305 e. The molecule has 0 amide bonds. The van der Waals surface area contributed by atoms with Crippen LogP contribution in [0.2, 0.25) is 0 Å². The SMILES string of the molecule is CCOC(=O)CCCn1c(=N)n(CC(=O)c2cc(C(C)(C)C)c(O)c(C(C)(C)C)c2)c2ccccc21. The number of fused-ring (bicyclic) bond motifs is 1. The first-order valence-corrected chi connectivity index (χ1v) is 12.5. The van der Waals surface area contributed by atoms with E-state index in [-0.39, 0.29) is 46.9 Å². The number of carbonyl (C=O) groups is 2. The monoisotopic (exact) mass is 493 g/mol. The summed E-state index contributed by atoms with van der Waals surface area (Å²) in [5.74, 6) is -0.141. The lowest BCUT2D eigenvalue weighted by atomic mass is 9.78. The lowest BCUT2D eigenvalue weighted by molar-refractivity contribution is -0.143. The molecule has 194 valence electrons. The summed E-state index contributed by atoms with van der Waals surface area (Å²) in [5.41, 5.74) is 3.14. The van der Waals surface area contributed by atoms with Gasteiger partial charge in [-0.15, -0.1) is 0 Å². The highest BCUT2D eigenvalue weighted by Gasteiger charge is 2.28. The average Bonchev–Trinajstić information content (AvgIpc) is 3.03. The van der Waals surface area contributed by atoms with Crippen LogP contribution in [0.5, 0.6) is 5.75 Å². The Labute approximate surface area is 213 Å². The van der Waals surface area contributed by atoms with Crippen molar-refractivity contribution in [2.75, 3.05) is 6.61 Å². The van der Waals surface area contributed by atoms with Crippen molar-refractivity contribution < 1.29 is 19.4 Å². The number of aromatic nitrogens is 2. The second-order valence-electron chi connectivity index (χ2n) is 11.3. The predicted octanol–water partition coefficient (Wildman–Crippen LogP) is 5.45. The zero-order valence-electron chi connectivity index (χ0n) is 22.6. The summed E-state index contributed by atoms with van der Waals surface area (Å²) < 4.78 is 8.56. The molecule has 2 aromatic carbocycles. The molecule has 1 heterocycles. The van der Waals surface area contributed by atoms with Crippen molar-refractivity contribution in [3.05, 3.63) is 58.7 Å². The van der Waals surface area contributed by atoms with Crippen LogP contribution in [0.1, 0.15) is 82.8 Å². The number of hydrogen-bond donors (Lipinski definition) is 2. The fourth-order valence-electron chi connectivity index (χ4n) is 4.47. The van der Waals surface area contributed by atoms with Gasteiger partial charge in [-0.2, -0.15) is 0 Å². The molecule has 0 fully saturated rings. The molecule has 0 aliphatic carbocycles. The van der Waals surface area contributed by atoms with Crippen LogP contribution < -0.4 is 5.62 Å². The van der Waals surface area contributed by atoms with Crippen molar-refractivity contribution in [3.63, 3.8) is 0 Å². The molecule has 3 aromatic rings. The van der Waals surface area contributed by atoms with Crippen LogP contribution in [-0.2, 0) is 33.5 Å². The Bertz CT molecular complexity index is 1300. The van der Waals surface area contributed by atoms with Gasteiger partial charge >= 0.3 is 5.97 Å². The van der Waals surface area contributed by atoms with E-state index in [0.29, 0.717) is 25.1 Å². The van der Waals surface area contributed by atoms with Gasteiger partial charge in [-0.25, -0.2) is 0 Å². The molecule has 1 aromatic heterocycles.